The van der Waals surface area contributed by atoms with Crippen LogP contribution in [-0.4, -0.2) is 58.0 Å². The number of aromatic nitrogens is 2. The van der Waals surface area contributed by atoms with Gasteiger partial charge in [0.2, 0.25) is 0 Å². The zero-order valence-electron chi connectivity index (χ0n) is 15.4. The standard InChI is InChI=1S/C20H27FN4O/c1-17-22-9-14-24(17)12-3-2-10-23-11-4-13-25(16-15-23)20(26)18-5-7-19(21)8-6-18/h5-9,14H,2-4,10-13,15-16H2,1H3. The van der Waals surface area contributed by atoms with Crippen LogP contribution in [0.25, 0.3) is 0 Å². The van der Waals surface area contributed by atoms with Crippen LogP contribution in [0.1, 0.15) is 35.4 Å². The molecule has 1 saturated heterocycles. The molecule has 3 rings (SSSR count). The maximum Gasteiger partial charge on any atom is 0.253 e. The Labute approximate surface area is 154 Å². The summed E-state index contributed by atoms with van der Waals surface area (Å²) in [6, 6.07) is 5.83. The van der Waals surface area contributed by atoms with Gasteiger partial charge in [-0.2, -0.15) is 0 Å². The first-order valence-corrected chi connectivity index (χ1v) is 9.38. The molecule has 0 radical (unpaired) electrons. The van der Waals surface area contributed by atoms with E-state index in [4.69, 9.17) is 0 Å². The molecule has 1 aliphatic rings. The maximum absolute atomic E-state index is 13.0. The number of imidazole rings is 1. The topological polar surface area (TPSA) is 41.4 Å². The van der Waals surface area contributed by atoms with Crippen LogP contribution >= 0.6 is 0 Å². The molecule has 140 valence electrons. The third kappa shape index (κ3) is 4.91. The molecule has 26 heavy (non-hydrogen) atoms. The lowest BCUT2D eigenvalue weighted by molar-refractivity contribution is 0.0761. The zero-order valence-corrected chi connectivity index (χ0v) is 15.4. The number of hydrogen-bond acceptors (Lipinski definition) is 3. The van der Waals surface area contributed by atoms with Crippen molar-refractivity contribution in [2.24, 2.45) is 0 Å². The normalized spacial score (nSPS) is 15.8. The molecule has 2 aromatic rings. The number of carbonyl (C=O) groups excluding carboxylic acids is 1. The highest BCUT2D eigenvalue weighted by Gasteiger charge is 2.20. The van der Waals surface area contributed by atoms with E-state index >= 15 is 0 Å². The van der Waals surface area contributed by atoms with Crippen molar-refractivity contribution in [1.29, 1.82) is 0 Å². The number of aryl methyl sites for hydroxylation is 2. The molecule has 0 spiro atoms. The van der Waals surface area contributed by atoms with Crippen molar-refractivity contribution in [3.8, 4) is 0 Å². The zero-order chi connectivity index (χ0) is 18.4. The Kier molecular flexibility index (Phi) is 6.39. The fourth-order valence-corrected chi connectivity index (χ4v) is 3.43. The summed E-state index contributed by atoms with van der Waals surface area (Å²) in [4.78, 5) is 21.2. The van der Waals surface area contributed by atoms with Gasteiger partial charge >= 0.3 is 0 Å². The van der Waals surface area contributed by atoms with Crippen molar-refractivity contribution < 1.29 is 9.18 Å². The van der Waals surface area contributed by atoms with Gasteiger partial charge in [-0.15, -0.1) is 0 Å². The Bertz CT molecular complexity index is 713. The van der Waals surface area contributed by atoms with Gasteiger partial charge in [-0.05, 0) is 63.5 Å². The van der Waals surface area contributed by atoms with Crippen LogP contribution in [0.15, 0.2) is 36.7 Å². The average Bonchev–Trinajstić information content (AvgIpc) is 2.91. The molecule has 6 heteroatoms. The molecule has 0 saturated carbocycles. The summed E-state index contributed by atoms with van der Waals surface area (Å²) in [7, 11) is 0. The quantitative estimate of drug-likeness (QED) is 0.746. The van der Waals surface area contributed by atoms with Crippen molar-refractivity contribution in [3.05, 3.63) is 53.9 Å². The lowest BCUT2D eigenvalue weighted by Crippen LogP contribution is -2.35. The molecular weight excluding hydrogens is 331 g/mol. The van der Waals surface area contributed by atoms with Crippen LogP contribution in [0.5, 0.6) is 0 Å². The summed E-state index contributed by atoms with van der Waals surface area (Å²) in [6.45, 7) is 7.52. The molecule has 1 aromatic carbocycles. The van der Waals surface area contributed by atoms with Gasteiger partial charge in [-0.1, -0.05) is 0 Å². The number of hydrogen-bond donors (Lipinski definition) is 0. The molecule has 1 aromatic heterocycles. The van der Waals surface area contributed by atoms with Gasteiger partial charge in [0, 0.05) is 44.1 Å². The van der Waals surface area contributed by atoms with E-state index in [1.165, 1.54) is 12.1 Å². The highest BCUT2D eigenvalue weighted by atomic mass is 19.1. The van der Waals surface area contributed by atoms with Crippen molar-refractivity contribution in [2.45, 2.75) is 32.7 Å². The summed E-state index contributed by atoms with van der Waals surface area (Å²) in [5, 5.41) is 0. The smallest absolute Gasteiger partial charge is 0.253 e. The molecule has 0 N–H and O–H groups in total. The number of benzene rings is 1. The second-order valence-corrected chi connectivity index (χ2v) is 6.87. The van der Waals surface area contributed by atoms with E-state index < -0.39 is 0 Å². The summed E-state index contributed by atoms with van der Waals surface area (Å²) in [6.07, 6.45) is 7.13. The number of carbonyl (C=O) groups is 1. The Morgan fingerprint density at radius 3 is 2.58 bits per heavy atom. The maximum atomic E-state index is 13.0. The number of amides is 1. The van der Waals surface area contributed by atoms with Gasteiger partial charge in [0.15, 0.2) is 0 Å². The minimum atomic E-state index is -0.311. The first kappa shape index (κ1) is 18.6. The third-order valence-electron chi connectivity index (χ3n) is 5.01. The van der Waals surface area contributed by atoms with E-state index in [9.17, 15) is 9.18 Å². The predicted octanol–water partition coefficient (Wildman–Crippen LogP) is 2.96. The lowest BCUT2D eigenvalue weighted by atomic mass is 10.2. The summed E-state index contributed by atoms with van der Waals surface area (Å²) >= 11 is 0. The van der Waals surface area contributed by atoms with E-state index in [1.54, 1.807) is 12.1 Å². The number of nitrogens with zero attached hydrogens (tertiary/aromatic N) is 4. The second-order valence-electron chi connectivity index (χ2n) is 6.87. The Morgan fingerprint density at radius 2 is 1.85 bits per heavy atom. The first-order valence-electron chi connectivity index (χ1n) is 9.38. The van der Waals surface area contributed by atoms with Crippen LogP contribution in [0.4, 0.5) is 4.39 Å². The molecule has 0 unspecified atom stereocenters. The number of rotatable bonds is 6. The molecular formula is C20H27FN4O. The van der Waals surface area contributed by atoms with E-state index in [-0.39, 0.29) is 11.7 Å². The molecule has 1 amide bonds. The van der Waals surface area contributed by atoms with Crippen molar-refractivity contribution in [1.82, 2.24) is 19.4 Å². The van der Waals surface area contributed by atoms with Crippen LogP contribution in [0.2, 0.25) is 0 Å². The molecule has 0 aliphatic carbocycles. The largest absolute Gasteiger partial charge is 0.337 e. The van der Waals surface area contributed by atoms with Crippen LogP contribution < -0.4 is 0 Å². The van der Waals surface area contributed by atoms with Gasteiger partial charge in [-0.25, -0.2) is 9.37 Å². The third-order valence-corrected chi connectivity index (χ3v) is 5.01. The van der Waals surface area contributed by atoms with Gasteiger partial charge in [0.1, 0.15) is 11.6 Å². The van der Waals surface area contributed by atoms with Crippen molar-refractivity contribution in [3.63, 3.8) is 0 Å². The van der Waals surface area contributed by atoms with E-state index in [2.05, 4.69) is 14.5 Å². The first-order chi connectivity index (χ1) is 12.6. The van der Waals surface area contributed by atoms with Gasteiger partial charge in [0.25, 0.3) is 5.91 Å². The lowest BCUT2D eigenvalue weighted by Gasteiger charge is -2.22. The minimum Gasteiger partial charge on any atom is -0.337 e. The van der Waals surface area contributed by atoms with E-state index in [1.807, 2.05) is 24.2 Å². The molecule has 1 fully saturated rings. The van der Waals surface area contributed by atoms with Crippen LogP contribution in [0.3, 0.4) is 0 Å². The average molecular weight is 358 g/mol. The van der Waals surface area contributed by atoms with E-state index in [0.29, 0.717) is 5.56 Å². The molecule has 2 heterocycles. The Hall–Kier alpha value is -2.21. The highest BCUT2D eigenvalue weighted by molar-refractivity contribution is 5.94. The van der Waals surface area contributed by atoms with Gasteiger partial charge in [0.05, 0.1) is 0 Å². The minimum absolute atomic E-state index is 0.00225. The van der Waals surface area contributed by atoms with Gasteiger partial charge < -0.3 is 14.4 Å². The van der Waals surface area contributed by atoms with E-state index in [0.717, 1.165) is 64.4 Å². The fraction of sp³-hybridized carbons (Fsp3) is 0.500. The monoisotopic (exact) mass is 358 g/mol. The summed E-state index contributed by atoms with van der Waals surface area (Å²) < 4.78 is 15.2. The molecule has 0 bridgehead atoms. The van der Waals surface area contributed by atoms with Crippen LogP contribution in [-0.2, 0) is 6.54 Å². The van der Waals surface area contributed by atoms with Crippen molar-refractivity contribution >= 4 is 5.91 Å². The predicted molar refractivity (Wildman–Crippen MR) is 99.6 cm³/mol. The molecule has 5 nitrogen and oxygen atoms in total. The Morgan fingerprint density at radius 1 is 1.08 bits per heavy atom. The van der Waals surface area contributed by atoms with Crippen molar-refractivity contribution in [2.75, 3.05) is 32.7 Å². The van der Waals surface area contributed by atoms with Crippen LogP contribution in [0, 0.1) is 12.7 Å². The summed E-state index contributed by atoms with van der Waals surface area (Å²) in [5.74, 6) is 0.756. The fourth-order valence-electron chi connectivity index (χ4n) is 3.43. The number of unbranched alkanes of at least 4 members (excludes halogenated alkanes) is 1. The Balaban J connectivity index is 1.42. The number of halogens is 1. The molecule has 1 aliphatic heterocycles. The summed E-state index contributed by atoms with van der Waals surface area (Å²) in [5.41, 5.74) is 0.565. The highest BCUT2D eigenvalue weighted by Crippen LogP contribution is 2.11. The molecule has 0 atom stereocenters. The van der Waals surface area contributed by atoms with Gasteiger partial charge in [-0.3, -0.25) is 4.79 Å². The SMILES string of the molecule is Cc1nccn1CCCCN1CCCN(C(=O)c2ccc(F)cc2)CC1. The second kappa shape index (κ2) is 8.94.